The van der Waals surface area contributed by atoms with Gasteiger partial charge < -0.3 is 14.2 Å². The standard InChI is InChI=1S/C19H22FN3O3S/c1-14-12-22(13-16-4-2-3-5-18(16)20)10-11-23(14)19(24)15-6-8-17(9-7-15)21-27(25)26/h2-9,14,21H,10-13H2,1H3,(H,25,26)/p-1. The molecule has 27 heavy (non-hydrogen) atoms. The zero-order valence-corrected chi connectivity index (χ0v) is 15.7. The van der Waals surface area contributed by atoms with Crippen LogP contribution in [-0.2, 0) is 17.8 Å². The fraction of sp³-hybridized carbons (Fsp3) is 0.316. The number of nitrogens with zero attached hydrogens (tertiary/aromatic N) is 2. The summed E-state index contributed by atoms with van der Waals surface area (Å²) in [7, 11) is 0. The summed E-state index contributed by atoms with van der Waals surface area (Å²) in [5.74, 6) is -0.306. The van der Waals surface area contributed by atoms with E-state index >= 15 is 0 Å². The van der Waals surface area contributed by atoms with Crippen molar-refractivity contribution in [1.29, 1.82) is 0 Å². The predicted molar refractivity (Wildman–Crippen MR) is 101 cm³/mol. The number of anilines is 1. The lowest BCUT2D eigenvalue weighted by Crippen LogP contribution is -2.53. The molecule has 1 saturated heterocycles. The van der Waals surface area contributed by atoms with Gasteiger partial charge in [0.1, 0.15) is 5.82 Å². The summed E-state index contributed by atoms with van der Waals surface area (Å²) in [6.45, 7) is 4.38. The van der Waals surface area contributed by atoms with Crippen LogP contribution >= 0.6 is 0 Å². The lowest BCUT2D eigenvalue weighted by molar-refractivity contribution is 0.0473. The molecule has 1 aliphatic rings. The number of carbonyl (C=O) groups is 1. The molecule has 0 aliphatic carbocycles. The second-order valence-corrected chi connectivity index (χ2v) is 7.26. The van der Waals surface area contributed by atoms with E-state index in [0.717, 1.165) is 0 Å². The van der Waals surface area contributed by atoms with Gasteiger partial charge in [0.2, 0.25) is 0 Å². The maximum atomic E-state index is 13.8. The molecule has 0 bridgehead atoms. The van der Waals surface area contributed by atoms with Crippen LogP contribution in [0.3, 0.4) is 0 Å². The molecule has 0 spiro atoms. The molecule has 0 aromatic heterocycles. The fourth-order valence-electron chi connectivity index (χ4n) is 3.29. The highest BCUT2D eigenvalue weighted by Gasteiger charge is 2.28. The van der Waals surface area contributed by atoms with Crippen molar-refractivity contribution in [2.24, 2.45) is 0 Å². The Labute approximate surface area is 160 Å². The first-order valence-electron chi connectivity index (χ1n) is 8.67. The van der Waals surface area contributed by atoms with Gasteiger partial charge in [0, 0.05) is 60.3 Å². The third kappa shape index (κ3) is 4.91. The number of nitrogens with one attached hydrogen (secondary N) is 1. The van der Waals surface area contributed by atoms with Crippen molar-refractivity contribution >= 4 is 22.9 Å². The average Bonchev–Trinajstić information content (AvgIpc) is 2.63. The Balaban J connectivity index is 1.61. The Hall–Kier alpha value is -2.29. The van der Waals surface area contributed by atoms with Gasteiger partial charge in [-0.15, -0.1) is 0 Å². The molecule has 1 fully saturated rings. The number of benzene rings is 2. The van der Waals surface area contributed by atoms with Crippen LogP contribution in [0.2, 0.25) is 0 Å². The van der Waals surface area contributed by atoms with E-state index in [1.807, 2.05) is 13.0 Å². The Bertz CT molecular complexity index is 831. The highest BCUT2D eigenvalue weighted by atomic mass is 32.2. The smallest absolute Gasteiger partial charge is 0.254 e. The lowest BCUT2D eigenvalue weighted by Gasteiger charge is -2.40. The van der Waals surface area contributed by atoms with Crippen LogP contribution < -0.4 is 4.72 Å². The van der Waals surface area contributed by atoms with Crippen LogP contribution in [0.25, 0.3) is 0 Å². The summed E-state index contributed by atoms with van der Waals surface area (Å²) >= 11 is -2.39. The van der Waals surface area contributed by atoms with Gasteiger partial charge in [-0.1, -0.05) is 18.2 Å². The van der Waals surface area contributed by atoms with Crippen LogP contribution in [0.5, 0.6) is 0 Å². The summed E-state index contributed by atoms with van der Waals surface area (Å²) in [6.07, 6.45) is 0. The van der Waals surface area contributed by atoms with Crippen molar-refractivity contribution in [2.45, 2.75) is 19.5 Å². The number of carbonyl (C=O) groups excluding carboxylic acids is 1. The molecular weight excluding hydrogens is 369 g/mol. The first-order chi connectivity index (χ1) is 12.9. The molecule has 0 saturated carbocycles. The molecule has 1 N–H and O–H groups in total. The van der Waals surface area contributed by atoms with Crippen LogP contribution in [0, 0.1) is 5.82 Å². The van der Waals surface area contributed by atoms with Gasteiger partial charge in [-0.25, -0.2) is 4.39 Å². The normalized spacial score (nSPS) is 18.9. The largest absolute Gasteiger partial charge is 0.755 e. The zero-order chi connectivity index (χ0) is 19.4. The number of hydrogen-bond donors (Lipinski definition) is 1. The highest BCUT2D eigenvalue weighted by molar-refractivity contribution is 7.80. The molecule has 3 rings (SSSR count). The van der Waals surface area contributed by atoms with Gasteiger partial charge in [-0.3, -0.25) is 13.9 Å². The van der Waals surface area contributed by atoms with Crippen LogP contribution in [-0.4, -0.2) is 50.1 Å². The molecule has 2 aromatic carbocycles. The minimum absolute atomic E-state index is 0.00929. The first kappa shape index (κ1) is 19.5. The van der Waals surface area contributed by atoms with Crippen molar-refractivity contribution in [1.82, 2.24) is 9.80 Å². The lowest BCUT2D eigenvalue weighted by atomic mass is 10.1. The summed E-state index contributed by atoms with van der Waals surface area (Å²) in [5, 5.41) is 0. The van der Waals surface area contributed by atoms with Crippen LogP contribution in [0.15, 0.2) is 48.5 Å². The molecule has 2 atom stereocenters. The summed E-state index contributed by atoms with van der Waals surface area (Å²) in [5.41, 5.74) is 1.57. The monoisotopic (exact) mass is 390 g/mol. The van der Waals surface area contributed by atoms with Crippen molar-refractivity contribution in [3.63, 3.8) is 0 Å². The van der Waals surface area contributed by atoms with Crippen LogP contribution in [0.1, 0.15) is 22.8 Å². The van der Waals surface area contributed by atoms with Gasteiger partial charge in [0.15, 0.2) is 0 Å². The summed E-state index contributed by atoms with van der Waals surface area (Å²) in [6, 6.07) is 13.1. The third-order valence-electron chi connectivity index (χ3n) is 4.66. The van der Waals surface area contributed by atoms with Gasteiger partial charge in [-0.05, 0) is 37.3 Å². The quantitative estimate of drug-likeness (QED) is 0.796. The second kappa shape index (κ2) is 8.60. The van der Waals surface area contributed by atoms with E-state index in [2.05, 4.69) is 9.62 Å². The molecule has 2 unspecified atom stereocenters. The van der Waals surface area contributed by atoms with E-state index in [4.69, 9.17) is 0 Å². The van der Waals surface area contributed by atoms with Crippen molar-refractivity contribution in [2.75, 3.05) is 24.4 Å². The molecule has 1 aliphatic heterocycles. The number of halogens is 1. The Morgan fingerprint density at radius 1 is 1.22 bits per heavy atom. The maximum absolute atomic E-state index is 13.8. The SMILES string of the molecule is CC1CN(Cc2ccccc2F)CCN1C(=O)c1ccc(NS(=O)[O-])cc1. The van der Waals surface area contributed by atoms with E-state index in [-0.39, 0.29) is 17.8 Å². The number of amides is 1. The Kier molecular flexibility index (Phi) is 6.20. The molecule has 1 heterocycles. The zero-order valence-electron chi connectivity index (χ0n) is 14.9. The molecule has 8 heteroatoms. The minimum Gasteiger partial charge on any atom is -0.755 e. The third-order valence-corrected chi connectivity index (χ3v) is 5.06. The van der Waals surface area contributed by atoms with E-state index < -0.39 is 11.3 Å². The summed E-state index contributed by atoms with van der Waals surface area (Å²) in [4.78, 5) is 16.7. The summed E-state index contributed by atoms with van der Waals surface area (Å²) < 4.78 is 37.4. The highest BCUT2D eigenvalue weighted by Crippen LogP contribution is 2.18. The van der Waals surface area contributed by atoms with Gasteiger partial charge in [-0.2, -0.15) is 0 Å². The molecule has 1 amide bonds. The fourth-order valence-corrected chi connectivity index (χ4v) is 3.62. The van der Waals surface area contributed by atoms with E-state index in [0.29, 0.717) is 43.0 Å². The van der Waals surface area contributed by atoms with Crippen LogP contribution in [0.4, 0.5) is 10.1 Å². The molecule has 144 valence electrons. The topological polar surface area (TPSA) is 75.7 Å². The average molecular weight is 390 g/mol. The predicted octanol–water partition coefficient (Wildman–Crippen LogP) is 2.38. The van der Waals surface area contributed by atoms with Gasteiger partial charge >= 0.3 is 0 Å². The number of piperazine rings is 1. The van der Waals surface area contributed by atoms with Crippen molar-refractivity contribution < 1.29 is 17.9 Å². The number of rotatable bonds is 5. The van der Waals surface area contributed by atoms with E-state index in [1.54, 1.807) is 41.3 Å². The Morgan fingerprint density at radius 3 is 2.56 bits per heavy atom. The van der Waals surface area contributed by atoms with Crippen molar-refractivity contribution in [3.05, 3.63) is 65.5 Å². The first-order valence-corrected chi connectivity index (χ1v) is 9.74. The van der Waals surface area contributed by atoms with E-state index in [9.17, 15) is 17.9 Å². The van der Waals surface area contributed by atoms with Crippen molar-refractivity contribution in [3.8, 4) is 0 Å². The molecule has 0 radical (unpaired) electrons. The molecule has 2 aromatic rings. The maximum Gasteiger partial charge on any atom is 0.254 e. The second-order valence-electron chi connectivity index (χ2n) is 6.59. The van der Waals surface area contributed by atoms with Gasteiger partial charge in [0.25, 0.3) is 5.91 Å². The van der Waals surface area contributed by atoms with E-state index in [1.165, 1.54) is 6.07 Å². The molecular formula is C19H21FN3O3S-. The van der Waals surface area contributed by atoms with Gasteiger partial charge in [0.05, 0.1) is 0 Å². The molecule has 6 nitrogen and oxygen atoms in total. The minimum atomic E-state index is -2.39. The number of hydrogen-bond acceptors (Lipinski definition) is 4. The Morgan fingerprint density at radius 2 is 1.93 bits per heavy atom.